The summed E-state index contributed by atoms with van der Waals surface area (Å²) in [5.74, 6) is 0.727. The third-order valence-electron chi connectivity index (χ3n) is 1.37. The van der Waals surface area contributed by atoms with E-state index in [1.807, 2.05) is 0 Å². The summed E-state index contributed by atoms with van der Waals surface area (Å²) < 4.78 is 5.22. The van der Waals surface area contributed by atoms with Crippen LogP contribution in [0.4, 0.5) is 5.69 Å². The molecule has 1 atom stereocenters. The number of hydrogen-bond donors (Lipinski definition) is 2. The van der Waals surface area contributed by atoms with Gasteiger partial charge in [-0.15, -0.1) is 0 Å². The molecule has 0 aliphatic rings. The van der Waals surface area contributed by atoms with Gasteiger partial charge in [0.1, 0.15) is 12.4 Å². The Morgan fingerprint density at radius 3 is 2.50 bits per heavy atom. The summed E-state index contributed by atoms with van der Waals surface area (Å²) in [4.78, 5) is 0. The molecule has 1 aromatic rings. The van der Waals surface area contributed by atoms with Crippen molar-refractivity contribution >= 4 is 5.69 Å². The second kappa shape index (κ2) is 3.97. The van der Waals surface area contributed by atoms with Gasteiger partial charge < -0.3 is 15.6 Å². The van der Waals surface area contributed by atoms with Crippen LogP contribution in [0, 0.1) is 0 Å². The minimum Gasteiger partial charge on any atom is -0.491 e. The van der Waals surface area contributed by atoms with Crippen LogP contribution >= 0.6 is 0 Å². The van der Waals surface area contributed by atoms with Gasteiger partial charge in [0.25, 0.3) is 0 Å². The molecule has 0 bridgehead atoms. The van der Waals surface area contributed by atoms with Gasteiger partial charge in [-0.1, -0.05) is 0 Å². The van der Waals surface area contributed by atoms with Gasteiger partial charge in [-0.2, -0.15) is 0 Å². The average molecular weight is 167 g/mol. The quantitative estimate of drug-likeness (QED) is 0.661. The van der Waals surface area contributed by atoms with Gasteiger partial charge in [0.05, 0.1) is 6.10 Å². The molecule has 1 unspecified atom stereocenters. The molecule has 0 saturated carbocycles. The molecule has 0 aliphatic heterocycles. The summed E-state index contributed by atoms with van der Waals surface area (Å²) in [5, 5.41) is 8.92. The number of aliphatic hydroxyl groups is 1. The van der Waals surface area contributed by atoms with Crippen LogP contribution in [-0.4, -0.2) is 17.8 Å². The molecule has 1 aromatic carbocycles. The lowest BCUT2D eigenvalue weighted by atomic mass is 10.3. The number of nitrogen functional groups attached to an aromatic ring is 1. The highest BCUT2D eigenvalue weighted by Gasteiger charge is 1.96. The number of hydrogen-bond acceptors (Lipinski definition) is 3. The van der Waals surface area contributed by atoms with Crippen LogP contribution in [0.15, 0.2) is 24.3 Å². The maximum atomic E-state index is 8.92. The highest BCUT2D eigenvalue weighted by molar-refractivity contribution is 5.41. The van der Waals surface area contributed by atoms with Gasteiger partial charge in [-0.3, -0.25) is 0 Å². The van der Waals surface area contributed by atoms with Crippen molar-refractivity contribution in [2.75, 3.05) is 12.3 Å². The molecule has 3 heteroatoms. The summed E-state index contributed by atoms with van der Waals surface area (Å²) in [6.07, 6.45) is -0.442. The molecule has 0 aliphatic carbocycles. The van der Waals surface area contributed by atoms with Crippen molar-refractivity contribution in [1.29, 1.82) is 0 Å². The summed E-state index contributed by atoms with van der Waals surface area (Å²) >= 11 is 0. The maximum absolute atomic E-state index is 8.92. The lowest BCUT2D eigenvalue weighted by Crippen LogP contribution is -2.12. The fourth-order valence-electron chi connectivity index (χ4n) is 0.781. The fourth-order valence-corrected chi connectivity index (χ4v) is 0.781. The van der Waals surface area contributed by atoms with E-state index in [4.69, 9.17) is 15.6 Å². The topological polar surface area (TPSA) is 55.5 Å². The summed E-state index contributed by atoms with van der Waals surface area (Å²) in [6.45, 7) is 1.99. The largest absolute Gasteiger partial charge is 0.491 e. The Morgan fingerprint density at radius 2 is 2.00 bits per heavy atom. The Kier molecular flexibility index (Phi) is 2.94. The van der Waals surface area contributed by atoms with Crippen molar-refractivity contribution in [3.05, 3.63) is 24.3 Å². The maximum Gasteiger partial charge on any atom is 0.119 e. The van der Waals surface area contributed by atoms with Crippen LogP contribution < -0.4 is 10.5 Å². The lowest BCUT2D eigenvalue weighted by molar-refractivity contribution is 0.123. The molecule has 3 N–H and O–H groups in total. The van der Waals surface area contributed by atoms with Crippen LogP contribution in [-0.2, 0) is 0 Å². The average Bonchev–Trinajstić information content (AvgIpc) is 2.03. The summed E-state index contributed by atoms with van der Waals surface area (Å²) in [6, 6.07) is 7.07. The van der Waals surface area contributed by atoms with E-state index >= 15 is 0 Å². The second-order valence-electron chi connectivity index (χ2n) is 2.73. The van der Waals surface area contributed by atoms with Crippen LogP contribution in [0.3, 0.4) is 0 Å². The van der Waals surface area contributed by atoms with E-state index in [9.17, 15) is 0 Å². The summed E-state index contributed by atoms with van der Waals surface area (Å²) in [7, 11) is 0. The van der Waals surface area contributed by atoms with E-state index in [2.05, 4.69) is 0 Å². The molecular formula is C9H13NO2. The van der Waals surface area contributed by atoms with Crippen molar-refractivity contribution < 1.29 is 9.84 Å². The zero-order valence-corrected chi connectivity index (χ0v) is 7.03. The van der Waals surface area contributed by atoms with Crippen LogP contribution in [0.25, 0.3) is 0 Å². The first-order chi connectivity index (χ1) is 5.68. The second-order valence-corrected chi connectivity index (χ2v) is 2.73. The SMILES string of the molecule is CC(O)COc1ccc(N)cc1. The highest BCUT2D eigenvalue weighted by Crippen LogP contribution is 2.12. The van der Waals surface area contributed by atoms with Gasteiger partial charge in [0.2, 0.25) is 0 Å². The van der Waals surface area contributed by atoms with E-state index in [-0.39, 0.29) is 0 Å². The standard InChI is InChI=1S/C9H13NO2/c1-7(11)6-12-9-4-2-8(10)3-5-9/h2-5,7,11H,6,10H2,1H3. The van der Waals surface area contributed by atoms with E-state index in [0.717, 1.165) is 5.75 Å². The van der Waals surface area contributed by atoms with E-state index in [0.29, 0.717) is 12.3 Å². The molecule has 12 heavy (non-hydrogen) atoms. The molecule has 0 saturated heterocycles. The van der Waals surface area contributed by atoms with Gasteiger partial charge in [0, 0.05) is 5.69 Å². The Balaban J connectivity index is 2.48. The Bertz CT molecular complexity index is 231. The van der Waals surface area contributed by atoms with Crippen molar-refractivity contribution in [3.8, 4) is 5.75 Å². The Labute approximate surface area is 71.8 Å². The van der Waals surface area contributed by atoms with Crippen LogP contribution in [0.5, 0.6) is 5.75 Å². The predicted octanol–water partition coefficient (Wildman–Crippen LogP) is 1.03. The number of ether oxygens (including phenoxy) is 1. The molecule has 0 aromatic heterocycles. The number of nitrogens with two attached hydrogens (primary N) is 1. The van der Waals surface area contributed by atoms with Gasteiger partial charge in [-0.25, -0.2) is 0 Å². The molecule has 0 amide bonds. The van der Waals surface area contributed by atoms with Crippen molar-refractivity contribution in [2.24, 2.45) is 0 Å². The van der Waals surface area contributed by atoms with Gasteiger partial charge in [0.15, 0.2) is 0 Å². The predicted molar refractivity (Wildman–Crippen MR) is 48.0 cm³/mol. The fraction of sp³-hybridized carbons (Fsp3) is 0.333. The normalized spacial score (nSPS) is 12.5. The third kappa shape index (κ3) is 2.80. The number of aliphatic hydroxyl groups excluding tert-OH is 1. The minimum absolute atomic E-state index is 0.309. The van der Waals surface area contributed by atoms with Crippen molar-refractivity contribution in [2.45, 2.75) is 13.0 Å². The first-order valence-electron chi connectivity index (χ1n) is 3.85. The monoisotopic (exact) mass is 167 g/mol. The first kappa shape index (κ1) is 8.87. The van der Waals surface area contributed by atoms with Gasteiger partial charge >= 0.3 is 0 Å². The minimum atomic E-state index is -0.442. The summed E-state index contributed by atoms with van der Waals surface area (Å²) in [5.41, 5.74) is 6.19. The van der Waals surface area contributed by atoms with Crippen molar-refractivity contribution in [1.82, 2.24) is 0 Å². The molecule has 1 rings (SSSR count). The zero-order valence-electron chi connectivity index (χ0n) is 7.03. The smallest absolute Gasteiger partial charge is 0.119 e. The molecule has 0 radical (unpaired) electrons. The molecule has 3 nitrogen and oxygen atoms in total. The number of anilines is 1. The third-order valence-corrected chi connectivity index (χ3v) is 1.37. The number of rotatable bonds is 3. The van der Waals surface area contributed by atoms with E-state index in [1.54, 1.807) is 31.2 Å². The van der Waals surface area contributed by atoms with Crippen LogP contribution in [0.1, 0.15) is 6.92 Å². The highest BCUT2D eigenvalue weighted by atomic mass is 16.5. The molecule has 0 spiro atoms. The molecule has 0 heterocycles. The first-order valence-corrected chi connectivity index (χ1v) is 3.85. The number of benzene rings is 1. The van der Waals surface area contributed by atoms with Crippen LogP contribution in [0.2, 0.25) is 0 Å². The molecule has 66 valence electrons. The van der Waals surface area contributed by atoms with E-state index in [1.165, 1.54) is 0 Å². The van der Waals surface area contributed by atoms with E-state index < -0.39 is 6.10 Å². The van der Waals surface area contributed by atoms with Gasteiger partial charge in [-0.05, 0) is 31.2 Å². The zero-order chi connectivity index (χ0) is 8.97. The van der Waals surface area contributed by atoms with Crippen molar-refractivity contribution in [3.63, 3.8) is 0 Å². The lowest BCUT2D eigenvalue weighted by Gasteiger charge is -2.07. The molecule has 0 fully saturated rings. The molecular weight excluding hydrogens is 154 g/mol. The Morgan fingerprint density at radius 1 is 1.42 bits per heavy atom. The Hall–Kier alpha value is -1.22.